The van der Waals surface area contributed by atoms with Crippen molar-refractivity contribution in [1.29, 1.82) is 0 Å². The third kappa shape index (κ3) is 4.24. The van der Waals surface area contributed by atoms with Crippen LogP contribution in [0.25, 0.3) is 0 Å². The van der Waals surface area contributed by atoms with Crippen LogP contribution in [-0.4, -0.2) is 48.0 Å². The molecule has 2 N–H and O–H groups in total. The largest absolute Gasteiger partial charge is 0.374 e. The summed E-state index contributed by atoms with van der Waals surface area (Å²) in [5.74, 6) is -0.140. The summed E-state index contributed by atoms with van der Waals surface area (Å²) < 4.78 is 5.68. The Morgan fingerprint density at radius 3 is 2.39 bits per heavy atom. The first-order valence-corrected chi connectivity index (χ1v) is 9.70. The van der Waals surface area contributed by atoms with Gasteiger partial charge in [-0.05, 0) is 17.5 Å². The van der Waals surface area contributed by atoms with Crippen molar-refractivity contribution in [3.05, 3.63) is 71.8 Å². The van der Waals surface area contributed by atoms with E-state index in [1.165, 1.54) is 5.56 Å². The maximum Gasteiger partial charge on any atom is 0.248 e. The molecule has 0 radical (unpaired) electrons. The third-order valence-corrected chi connectivity index (χ3v) is 5.34. The predicted octanol–water partition coefficient (Wildman–Crippen LogP) is 1.46. The van der Waals surface area contributed by atoms with Gasteiger partial charge in [0.25, 0.3) is 0 Å². The normalized spacial score (nSPS) is 24.1. The van der Waals surface area contributed by atoms with E-state index in [2.05, 4.69) is 22.8 Å². The van der Waals surface area contributed by atoms with Gasteiger partial charge in [0.1, 0.15) is 12.1 Å². The molecule has 0 unspecified atom stereocenters. The molecule has 2 aromatic carbocycles. The molecule has 4 rings (SSSR count). The molecule has 146 valence electrons. The van der Waals surface area contributed by atoms with Crippen LogP contribution in [-0.2, 0) is 27.5 Å². The maximum absolute atomic E-state index is 12.8. The Morgan fingerprint density at radius 1 is 1.00 bits per heavy atom. The molecule has 0 bridgehead atoms. The number of amides is 2. The van der Waals surface area contributed by atoms with Gasteiger partial charge < -0.3 is 20.3 Å². The molecule has 0 aromatic heterocycles. The quantitative estimate of drug-likeness (QED) is 0.764. The van der Waals surface area contributed by atoms with E-state index in [1.807, 2.05) is 48.5 Å². The predicted molar refractivity (Wildman–Crippen MR) is 105 cm³/mol. The lowest BCUT2D eigenvalue weighted by Crippen LogP contribution is -2.62. The fraction of sp³-hybridized carbons (Fsp3) is 0.364. The highest BCUT2D eigenvalue weighted by Crippen LogP contribution is 2.23. The third-order valence-electron chi connectivity index (χ3n) is 5.34. The Balaban J connectivity index is 1.30. The van der Waals surface area contributed by atoms with Crippen LogP contribution in [0, 0.1) is 0 Å². The number of rotatable bonds is 7. The minimum atomic E-state index is -0.611. The van der Waals surface area contributed by atoms with Crippen molar-refractivity contribution in [3.8, 4) is 0 Å². The zero-order valence-corrected chi connectivity index (χ0v) is 15.7. The number of piperazine rings is 1. The molecule has 3 atom stereocenters. The zero-order valence-electron chi connectivity index (χ0n) is 15.7. The second-order valence-corrected chi connectivity index (χ2v) is 7.37. The number of hydrogen-bond acceptors (Lipinski definition) is 4. The molecule has 6 heteroatoms. The number of carbonyl (C=O) groups is 2. The van der Waals surface area contributed by atoms with Gasteiger partial charge in [-0.2, -0.15) is 0 Å². The number of hydrogen-bond donors (Lipinski definition) is 2. The molecule has 0 spiro atoms. The van der Waals surface area contributed by atoms with Crippen LogP contribution >= 0.6 is 0 Å². The maximum atomic E-state index is 12.8. The molecule has 28 heavy (non-hydrogen) atoms. The molecule has 2 aromatic rings. The molecule has 2 heterocycles. The standard InChI is InChI=1S/C22H25N3O3/c26-21-20-11-18(23-12-16-7-3-1-4-8-16)13-25(20)22(27)19(24-21)15-28-14-17-9-5-2-6-10-17/h1-10,18-20,23H,11-15H2,(H,24,26)/t18-,19-,20-/m0/s1. The van der Waals surface area contributed by atoms with Crippen molar-refractivity contribution in [2.45, 2.75) is 37.7 Å². The van der Waals surface area contributed by atoms with Gasteiger partial charge in [0.15, 0.2) is 0 Å². The number of carbonyl (C=O) groups excluding carboxylic acids is 2. The summed E-state index contributed by atoms with van der Waals surface area (Å²) in [6.45, 7) is 1.89. The Morgan fingerprint density at radius 2 is 1.68 bits per heavy atom. The van der Waals surface area contributed by atoms with Gasteiger partial charge in [0.2, 0.25) is 11.8 Å². The SMILES string of the molecule is O=C1N[C@@H](COCc2ccccc2)C(=O)N2C[C@@H](NCc3ccccc3)C[C@@H]12. The van der Waals surface area contributed by atoms with E-state index < -0.39 is 6.04 Å². The number of fused-ring (bicyclic) bond motifs is 1. The Bertz CT molecular complexity index is 812. The highest BCUT2D eigenvalue weighted by molar-refractivity contribution is 5.97. The first kappa shape index (κ1) is 18.7. The lowest BCUT2D eigenvalue weighted by Gasteiger charge is -2.34. The first-order chi connectivity index (χ1) is 13.7. The fourth-order valence-electron chi connectivity index (χ4n) is 3.85. The topological polar surface area (TPSA) is 70.7 Å². The van der Waals surface area contributed by atoms with Crippen LogP contribution in [0.5, 0.6) is 0 Å². The van der Waals surface area contributed by atoms with E-state index in [4.69, 9.17) is 4.74 Å². The minimum absolute atomic E-state index is 0.0540. The summed E-state index contributed by atoms with van der Waals surface area (Å²) in [6, 6.07) is 19.0. The molecule has 2 aliphatic heterocycles. The highest BCUT2D eigenvalue weighted by Gasteiger charge is 2.46. The van der Waals surface area contributed by atoms with Gasteiger partial charge in [-0.3, -0.25) is 9.59 Å². The minimum Gasteiger partial charge on any atom is -0.374 e. The smallest absolute Gasteiger partial charge is 0.248 e. The average Bonchev–Trinajstić information content (AvgIpc) is 3.17. The summed E-state index contributed by atoms with van der Waals surface area (Å²) in [4.78, 5) is 27.0. The first-order valence-electron chi connectivity index (χ1n) is 9.70. The highest BCUT2D eigenvalue weighted by atomic mass is 16.5. The van der Waals surface area contributed by atoms with E-state index >= 15 is 0 Å². The summed E-state index contributed by atoms with van der Waals surface area (Å²) >= 11 is 0. The lowest BCUT2D eigenvalue weighted by atomic mass is 10.1. The molecular formula is C22H25N3O3. The zero-order chi connectivity index (χ0) is 19.3. The van der Waals surface area contributed by atoms with Crippen molar-refractivity contribution in [1.82, 2.24) is 15.5 Å². The van der Waals surface area contributed by atoms with E-state index in [0.29, 0.717) is 19.6 Å². The second kappa shape index (κ2) is 8.54. The van der Waals surface area contributed by atoms with Crippen molar-refractivity contribution in [2.24, 2.45) is 0 Å². The Hall–Kier alpha value is -2.70. The number of benzene rings is 2. The van der Waals surface area contributed by atoms with Gasteiger partial charge >= 0.3 is 0 Å². The summed E-state index contributed by atoms with van der Waals surface area (Å²) in [5, 5.41) is 6.31. The molecule has 0 saturated carbocycles. The van der Waals surface area contributed by atoms with Gasteiger partial charge in [0.05, 0.1) is 13.2 Å². The monoisotopic (exact) mass is 379 g/mol. The number of nitrogens with zero attached hydrogens (tertiary/aromatic N) is 1. The van der Waals surface area contributed by atoms with Gasteiger partial charge in [0, 0.05) is 19.1 Å². The molecule has 6 nitrogen and oxygen atoms in total. The summed E-state index contributed by atoms with van der Waals surface area (Å²) in [6.07, 6.45) is 0.641. The van der Waals surface area contributed by atoms with Gasteiger partial charge in [-0.15, -0.1) is 0 Å². The van der Waals surface area contributed by atoms with E-state index in [9.17, 15) is 9.59 Å². The van der Waals surface area contributed by atoms with Gasteiger partial charge in [-0.1, -0.05) is 60.7 Å². The van der Waals surface area contributed by atoms with Crippen LogP contribution in [0.15, 0.2) is 60.7 Å². The van der Waals surface area contributed by atoms with Crippen LogP contribution in [0.3, 0.4) is 0 Å². The second-order valence-electron chi connectivity index (χ2n) is 7.37. The summed E-state index contributed by atoms with van der Waals surface area (Å²) in [5.41, 5.74) is 2.23. The van der Waals surface area contributed by atoms with Gasteiger partial charge in [-0.25, -0.2) is 0 Å². The van der Waals surface area contributed by atoms with E-state index in [1.54, 1.807) is 4.90 Å². The molecule has 2 amide bonds. The van der Waals surface area contributed by atoms with Crippen LogP contribution in [0.1, 0.15) is 17.5 Å². The molecule has 2 aliphatic rings. The fourth-order valence-corrected chi connectivity index (χ4v) is 3.85. The van der Waals surface area contributed by atoms with Crippen molar-refractivity contribution < 1.29 is 14.3 Å². The molecule has 2 fully saturated rings. The van der Waals surface area contributed by atoms with E-state index in [0.717, 1.165) is 12.1 Å². The Kier molecular flexibility index (Phi) is 5.69. The van der Waals surface area contributed by atoms with Crippen molar-refractivity contribution in [2.75, 3.05) is 13.2 Å². The van der Waals surface area contributed by atoms with Crippen LogP contribution in [0.4, 0.5) is 0 Å². The number of ether oxygens (including phenoxy) is 1. The summed E-state index contributed by atoms with van der Waals surface area (Å²) in [7, 11) is 0. The molecule has 0 aliphatic carbocycles. The lowest BCUT2D eigenvalue weighted by molar-refractivity contribution is -0.148. The average molecular weight is 379 g/mol. The molecule has 2 saturated heterocycles. The van der Waals surface area contributed by atoms with Crippen molar-refractivity contribution in [3.63, 3.8) is 0 Å². The number of nitrogens with one attached hydrogen (secondary N) is 2. The molecular weight excluding hydrogens is 354 g/mol. The van der Waals surface area contributed by atoms with Crippen molar-refractivity contribution >= 4 is 11.8 Å². The Labute approximate surface area is 164 Å². The van der Waals surface area contributed by atoms with Crippen LogP contribution < -0.4 is 10.6 Å². The van der Waals surface area contributed by atoms with E-state index in [-0.39, 0.29) is 30.5 Å². The van der Waals surface area contributed by atoms with Crippen LogP contribution in [0.2, 0.25) is 0 Å².